The molecular weight excluding hydrogens is 345 g/mol. The summed E-state index contributed by atoms with van der Waals surface area (Å²) in [6.07, 6.45) is 2.75. The molecule has 0 bridgehead atoms. The number of ether oxygens (including phenoxy) is 2. The normalized spacial score (nSPS) is 29.0. The Hall–Kier alpha value is -0.0800. The highest BCUT2D eigenvalue weighted by molar-refractivity contribution is 14.0. The summed E-state index contributed by atoms with van der Waals surface area (Å²) < 4.78 is 11.5. The molecule has 0 saturated carbocycles. The summed E-state index contributed by atoms with van der Waals surface area (Å²) in [5.74, 6) is 0.971. The van der Waals surface area contributed by atoms with Gasteiger partial charge in [-0.05, 0) is 19.8 Å². The molecule has 2 atom stereocenters. The van der Waals surface area contributed by atoms with Crippen LogP contribution in [0.5, 0.6) is 0 Å². The molecule has 6 heteroatoms. The highest BCUT2D eigenvalue weighted by atomic mass is 127. The van der Waals surface area contributed by atoms with Crippen LogP contribution in [0.3, 0.4) is 0 Å². The summed E-state index contributed by atoms with van der Waals surface area (Å²) in [5.41, 5.74) is 0. The van der Waals surface area contributed by atoms with Gasteiger partial charge in [-0.2, -0.15) is 0 Å². The minimum absolute atomic E-state index is 0. The van der Waals surface area contributed by atoms with Crippen LogP contribution < -0.4 is 5.32 Å². The third-order valence-electron chi connectivity index (χ3n) is 3.32. The monoisotopic (exact) mass is 369 g/mol. The van der Waals surface area contributed by atoms with E-state index in [1.165, 1.54) is 0 Å². The van der Waals surface area contributed by atoms with Gasteiger partial charge in [0.15, 0.2) is 5.96 Å². The molecule has 2 saturated heterocycles. The highest BCUT2D eigenvalue weighted by Crippen LogP contribution is 2.20. The molecule has 18 heavy (non-hydrogen) atoms. The number of nitrogens with zero attached hydrogens (tertiary/aromatic N) is 2. The van der Waals surface area contributed by atoms with E-state index in [9.17, 15) is 0 Å². The van der Waals surface area contributed by atoms with E-state index >= 15 is 0 Å². The van der Waals surface area contributed by atoms with E-state index in [1.807, 2.05) is 7.05 Å². The van der Waals surface area contributed by atoms with Gasteiger partial charge in [0, 0.05) is 33.3 Å². The van der Waals surface area contributed by atoms with Crippen molar-refractivity contribution >= 4 is 29.9 Å². The maximum Gasteiger partial charge on any atom is 0.193 e. The number of hydrogen-bond donors (Lipinski definition) is 1. The van der Waals surface area contributed by atoms with Crippen LogP contribution >= 0.6 is 24.0 Å². The fraction of sp³-hybridized carbons (Fsp3) is 0.917. The van der Waals surface area contributed by atoms with Crippen LogP contribution in [0.25, 0.3) is 0 Å². The van der Waals surface area contributed by atoms with Gasteiger partial charge < -0.3 is 19.7 Å². The third kappa shape index (κ3) is 3.96. The molecule has 0 aromatic rings. The zero-order chi connectivity index (χ0) is 12.1. The van der Waals surface area contributed by atoms with Crippen LogP contribution in [0.2, 0.25) is 0 Å². The number of halogens is 1. The largest absolute Gasteiger partial charge is 0.375 e. The molecule has 0 aliphatic carbocycles. The smallest absolute Gasteiger partial charge is 0.193 e. The molecule has 0 spiro atoms. The predicted octanol–water partition coefficient (Wildman–Crippen LogP) is 1.08. The van der Waals surface area contributed by atoms with Crippen molar-refractivity contribution in [3.63, 3.8) is 0 Å². The Morgan fingerprint density at radius 3 is 2.72 bits per heavy atom. The first-order valence-corrected chi connectivity index (χ1v) is 6.54. The van der Waals surface area contributed by atoms with Crippen molar-refractivity contribution in [1.82, 2.24) is 10.2 Å². The van der Waals surface area contributed by atoms with Crippen molar-refractivity contribution in [2.24, 2.45) is 4.99 Å². The Kier molecular flexibility index (Phi) is 7.25. The van der Waals surface area contributed by atoms with E-state index in [2.05, 4.69) is 22.1 Å². The number of rotatable bonds is 2. The SMILES string of the molecule is CCNC(=NC)N1CCOC(C2CCCO2)C1.I. The van der Waals surface area contributed by atoms with Gasteiger partial charge in [0.05, 0.1) is 12.7 Å². The lowest BCUT2D eigenvalue weighted by Crippen LogP contribution is -2.53. The molecule has 0 radical (unpaired) electrons. The van der Waals surface area contributed by atoms with Crippen LogP contribution in [0, 0.1) is 0 Å². The molecule has 2 aliphatic rings. The van der Waals surface area contributed by atoms with Gasteiger partial charge in [0.1, 0.15) is 6.10 Å². The molecule has 2 rings (SSSR count). The molecule has 0 amide bonds. The first-order valence-electron chi connectivity index (χ1n) is 6.54. The molecule has 2 aliphatic heterocycles. The van der Waals surface area contributed by atoms with E-state index in [0.717, 1.165) is 51.6 Å². The zero-order valence-electron chi connectivity index (χ0n) is 11.2. The number of aliphatic imine (C=N–C) groups is 1. The summed E-state index contributed by atoms with van der Waals surface area (Å²) >= 11 is 0. The first-order chi connectivity index (χ1) is 8.35. The minimum atomic E-state index is 0. The molecular formula is C12H24IN3O2. The molecule has 106 valence electrons. The maximum absolute atomic E-state index is 5.82. The van der Waals surface area contributed by atoms with Crippen molar-refractivity contribution in [2.75, 3.05) is 39.9 Å². The summed E-state index contributed by atoms with van der Waals surface area (Å²) in [6, 6.07) is 0. The Morgan fingerprint density at radius 1 is 1.33 bits per heavy atom. The molecule has 5 nitrogen and oxygen atoms in total. The van der Waals surface area contributed by atoms with Crippen molar-refractivity contribution in [3.8, 4) is 0 Å². The van der Waals surface area contributed by atoms with E-state index in [0.29, 0.717) is 0 Å². The van der Waals surface area contributed by atoms with Crippen LogP contribution in [0.15, 0.2) is 4.99 Å². The fourth-order valence-electron chi connectivity index (χ4n) is 2.48. The summed E-state index contributed by atoms with van der Waals surface area (Å²) in [6.45, 7) is 6.41. The van der Waals surface area contributed by atoms with Gasteiger partial charge >= 0.3 is 0 Å². The van der Waals surface area contributed by atoms with Crippen LogP contribution in [-0.2, 0) is 9.47 Å². The second-order valence-electron chi connectivity index (χ2n) is 4.48. The van der Waals surface area contributed by atoms with E-state index in [-0.39, 0.29) is 36.2 Å². The van der Waals surface area contributed by atoms with Gasteiger partial charge in [-0.15, -0.1) is 24.0 Å². The average molecular weight is 369 g/mol. The van der Waals surface area contributed by atoms with Crippen LogP contribution in [0.4, 0.5) is 0 Å². The van der Waals surface area contributed by atoms with Crippen molar-refractivity contribution < 1.29 is 9.47 Å². The Morgan fingerprint density at radius 2 is 2.11 bits per heavy atom. The molecule has 0 aromatic heterocycles. The molecule has 2 heterocycles. The summed E-state index contributed by atoms with van der Waals surface area (Å²) in [4.78, 5) is 6.56. The third-order valence-corrected chi connectivity index (χ3v) is 3.32. The lowest BCUT2D eigenvalue weighted by atomic mass is 10.1. The number of morpholine rings is 1. The number of guanidine groups is 1. The molecule has 2 unspecified atom stereocenters. The van der Waals surface area contributed by atoms with Crippen molar-refractivity contribution in [3.05, 3.63) is 0 Å². The van der Waals surface area contributed by atoms with Gasteiger partial charge in [0.25, 0.3) is 0 Å². The topological polar surface area (TPSA) is 46.1 Å². The predicted molar refractivity (Wildman–Crippen MR) is 82.7 cm³/mol. The standard InChI is InChI=1S/C12H23N3O2.HI/c1-3-14-12(13-2)15-6-8-17-11(9-15)10-5-4-7-16-10;/h10-11H,3-9H2,1-2H3,(H,13,14);1H. The summed E-state index contributed by atoms with van der Waals surface area (Å²) in [7, 11) is 1.83. The van der Waals surface area contributed by atoms with Gasteiger partial charge in [0.2, 0.25) is 0 Å². The zero-order valence-corrected chi connectivity index (χ0v) is 13.6. The lowest BCUT2D eigenvalue weighted by molar-refractivity contribution is -0.0816. The molecule has 1 N–H and O–H groups in total. The second-order valence-corrected chi connectivity index (χ2v) is 4.48. The fourth-order valence-corrected chi connectivity index (χ4v) is 2.48. The highest BCUT2D eigenvalue weighted by Gasteiger charge is 2.31. The van der Waals surface area contributed by atoms with E-state index < -0.39 is 0 Å². The van der Waals surface area contributed by atoms with Crippen LogP contribution in [0.1, 0.15) is 19.8 Å². The molecule has 2 fully saturated rings. The van der Waals surface area contributed by atoms with Gasteiger partial charge in [-0.1, -0.05) is 0 Å². The average Bonchev–Trinajstić information content (AvgIpc) is 2.90. The molecule has 0 aromatic carbocycles. The minimum Gasteiger partial charge on any atom is -0.375 e. The Balaban J connectivity index is 0.00000162. The van der Waals surface area contributed by atoms with Crippen molar-refractivity contribution in [2.45, 2.75) is 32.0 Å². The van der Waals surface area contributed by atoms with Crippen LogP contribution in [-0.4, -0.2) is 63.0 Å². The number of nitrogens with one attached hydrogen (secondary N) is 1. The van der Waals surface area contributed by atoms with Gasteiger partial charge in [-0.25, -0.2) is 0 Å². The summed E-state index contributed by atoms with van der Waals surface area (Å²) in [5, 5.41) is 3.29. The quantitative estimate of drug-likeness (QED) is 0.450. The second kappa shape index (κ2) is 8.16. The first kappa shape index (κ1) is 16.0. The van der Waals surface area contributed by atoms with Gasteiger partial charge in [-0.3, -0.25) is 4.99 Å². The van der Waals surface area contributed by atoms with E-state index in [4.69, 9.17) is 9.47 Å². The Labute approximate surface area is 126 Å². The lowest BCUT2D eigenvalue weighted by Gasteiger charge is -2.37. The maximum atomic E-state index is 5.82. The number of hydrogen-bond acceptors (Lipinski definition) is 3. The Bertz CT molecular complexity index is 270. The van der Waals surface area contributed by atoms with Crippen molar-refractivity contribution in [1.29, 1.82) is 0 Å². The van der Waals surface area contributed by atoms with E-state index in [1.54, 1.807) is 0 Å².